The summed E-state index contributed by atoms with van der Waals surface area (Å²) in [4.78, 5) is 0. The number of aromatic nitrogens is 2. The van der Waals surface area contributed by atoms with Gasteiger partial charge in [0, 0.05) is 10.7 Å². The summed E-state index contributed by atoms with van der Waals surface area (Å²) in [6, 6.07) is 7.66. The van der Waals surface area contributed by atoms with Gasteiger partial charge in [-0.15, -0.1) is 0 Å². The zero-order valence-electron chi connectivity index (χ0n) is 9.73. The largest absolute Gasteiger partial charge is 0.497 e. The number of benzene rings is 1. The maximum atomic E-state index is 5.58. The van der Waals surface area contributed by atoms with Crippen LogP contribution in [0.1, 0.15) is 12.8 Å². The summed E-state index contributed by atoms with van der Waals surface area (Å²) in [7, 11) is 1.65. The van der Waals surface area contributed by atoms with Crippen LogP contribution < -0.4 is 9.42 Å². The summed E-state index contributed by atoms with van der Waals surface area (Å²) in [5.74, 6) is 2.28. The van der Waals surface area contributed by atoms with Gasteiger partial charge in [0.25, 0.3) is 5.89 Å². The number of ether oxygens (including phenoxy) is 1. The van der Waals surface area contributed by atoms with E-state index in [1.807, 2.05) is 42.8 Å². The SMILES string of the molecule is CC[n+]1nc(-c2ccc(OC)cc2)oc1C. The van der Waals surface area contributed by atoms with Gasteiger partial charge in [-0.05, 0) is 31.2 Å². The van der Waals surface area contributed by atoms with Gasteiger partial charge in [0.05, 0.1) is 14.0 Å². The third-order valence-electron chi connectivity index (χ3n) is 2.46. The molecule has 0 saturated heterocycles. The predicted molar refractivity (Wildman–Crippen MR) is 59.1 cm³/mol. The molecule has 0 fully saturated rings. The lowest BCUT2D eigenvalue weighted by Crippen LogP contribution is -2.36. The first kappa shape index (κ1) is 10.7. The van der Waals surface area contributed by atoms with Crippen LogP contribution in [0.2, 0.25) is 0 Å². The molecule has 1 aromatic heterocycles. The molecule has 2 aromatic rings. The van der Waals surface area contributed by atoms with Crippen molar-refractivity contribution in [3.8, 4) is 17.2 Å². The molecule has 0 unspecified atom stereocenters. The molecule has 0 spiro atoms. The molecule has 84 valence electrons. The maximum absolute atomic E-state index is 5.58. The topological polar surface area (TPSA) is 39.1 Å². The molecule has 4 heteroatoms. The quantitative estimate of drug-likeness (QED) is 0.741. The number of hydrogen-bond donors (Lipinski definition) is 0. The molecular formula is C12H15N2O2+. The van der Waals surface area contributed by atoms with E-state index >= 15 is 0 Å². The molecule has 0 N–H and O–H groups in total. The molecule has 2 rings (SSSR count). The van der Waals surface area contributed by atoms with Gasteiger partial charge >= 0.3 is 5.89 Å². The van der Waals surface area contributed by atoms with E-state index in [0.717, 1.165) is 23.7 Å². The summed E-state index contributed by atoms with van der Waals surface area (Å²) < 4.78 is 12.5. The molecule has 0 bridgehead atoms. The summed E-state index contributed by atoms with van der Waals surface area (Å²) in [5.41, 5.74) is 0.955. The van der Waals surface area contributed by atoms with Crippen LogP contribution >= 0.6 is 0 Å². The molecule has 0 atom stereocenters. The third-order valence-corrected chi connectivity index (χ3v) is 2.46. The van der Waals surface area contributed by atoms with Crippen LogP contribution in [0.5, 0.6) is 5.75 Å². The summed E-state index contributed by atoms with van der Waals surface area (Å²) in [6.45, 7) is 4.75. The lowest BCUT2D eigenvalue weighted by molar-refractivity contribution is -0.756. The molecule has 0 radical (unpaired) electrons. The van der Waals surface area contributed by atoms with Crippen molar-refractivity contribution >= 4 is 0 Å². The van der Waals surface area contributed by atoms with Crippen molar-refractivity contribution in [2.75, 3.05) is 7.11 Å². The van der Waals surface area contributed by atoms with E-state index in [1.165, 1.54) is 0 Å². The molecule has 4 nitrogen and oxygen atoms in total. The van der Waals surface area contributed by atoms with Crippen LogP contribution in [-0.2, 0) is 6.54 Å². The maximum Gasteiger partial charge on any atom is 0.371 e. The zero-order valence-corrected chi connectivity index (χ0v) is 9.73. The molecule has 0 saturated carbocycles. The lowest BCUT2D eigenvalue weighted by atomic mass is 10.2. The van der Waals surface area contributed by atoms with E-state index in [1.54, 1.807) is 7.11 Å². The van der Waals surface area contributed by atoms with Crippen LogP contribution in [0.15, 0.2) is 28.7 Å². The second kappa shape index (κ2) is 4.35. The monoisotopic (exact) mass is 219 g/mol. The first-order chi connectivity index (χ1) is 7.74. The molecule has 0 aliphatic heterocycles. The Bertz CT molecular complexity index is 474. The minimum atomic E-state index is 0.641. The Hall–Kier alpha value is -1.84. The molecule has 0 aliphatic rings. The third kappa shape index (κ3) is 1.91. The number of rotatable bonds is 3. The van der Waals surface area contributed by atoms with Gasteiger partial charge in [-0.2, -0.15) is 0 Å². The second-order valence-electron chi connectivity index (χ2n) is 3.47. The van der Waals surface area contributed by atoms with Crippen LogP contribution in [-0.4, -0.2) is 12.2 Å². The smallest absolute Gasteiger partial charge is 0.371 e. The highest BCUT2D eigenvalue weighted by atomic mass is 16.5. The Kier molecular flexibility index (Phi) is 2.90. The number of hydrogen-bond acceptors (Lipinski definition) is 3. The van der Waals surface area contributed by atoms with Crippen LogP contribution in [0.25, 0.3) is 11.5 Å². The normalized spacial score (nSPS) is 10.4. The molecular weight excluding hydrogens is 204 g/mol. The van der Waals surface area contributed by atoms with Crippen molar-refractivity contribution in [3.63, 3.8) is 0 Å². The lowest BCUT2D eigenvalue weighted by Gasteiger charge is -1.98. The average Bonchev–Trinajstić information content (AvgIpc) is 2.71. The van der Waals surface area contributed by atoms with Gasteiger partial charge < -0.3 is 9.15 Å². The average molecular weight is 219 g/mol. The Balaban J connectivity index is 2.34. The van der Waals surface area contributed by atoms with Gasteiger partial charge in [0.1, 0.15) is 5.75 Å². The van der Waals surface area contributed by atoms with Gasteiger partial charge in [0.2, 0.25) is 0 Å². The standard InChI is InChI=1S/C12H15N2O2/c1-4-14-9(2)16-12(13-14)10-5-7-11(15-3)8-6-10/h5-8H,4H2,1-3H3/q+1. The minimum Gasteiger partial charge on any atom is -0.497 e. The molecule has 1 aromatic carbocycles. The van der Waals surface area contributed by atoms with Crippen molar-refractivity contribution in [3.05, 3.63) is 30.2 Å². The van der Waals surface area contributed by atoms with Crippen LogP contribution in [0.4, 0.5) is 0 Å². The Labute approximate surface area is 94.5 Å². The molecule has 1 heterocycles. The first-order valence-electron chi connectivity index (χ1n) is 5.26. The van der Waals surface area contributed by atoms with Crippen molar-refractivity contribution < 1.29 is 13.8 Å². The fourth-order valence-corrected chi connectivity index (χ4v) is 1.54. The van der Waals surface area contributed by atoms with E-state index in [-0.39, 0.29) is 0 Å². The Morgan fingerprint density at radius 1 is 1.31 bits per heavy atom. The first-order valence-corrected chi connectivity index (χ1v) is 5.26. The second-order valence-corrected chi connectivity index (χ2v) is 3.47. The molecule has 16 heavy (non-hydrogen) atoms. The van der Waals surface area contributed by atoms with Gasteiger partial charge in [-0.1, -0.05) is 4.68 Å². The number of methoxy groups -OCH3 is 1. The number of aryl methyl sites for hydroxylation is 2. The van der Waals surface area contributed by atoms with E-state index in [4.69, 9.17) is 9.15 Å². The highest BCUT2D eigenvalue weighted by Crippen LogP contribution is 2.20. The van der Waals surface area contributed by atoms with E-state index < -0.39 is 0 Å². The highest BCUT2D eigenvalue weighted by molar-refractivity contribution is 5.53. The van der Waals surface area contributed by atoms with Gasteiger partial charge in [-0.25, -0.2) is 0 Å². The van der Waals surface area contributed by atoms with Crippen molar-refractivity contribution in [1.29, 1.82) is 0 Å². The highest BCUT2D eigenvalue weighted by Gasteiger charge is 2.16. The van der Waals surface area contributed by atoms with Gasteiger partial charge in [0.15, 0.2) is 6.54 Å². The van der Waals surface area contributed by atoms with Crippen molar-refractivity contribution in [2.24, 2.45) is 0 Å². The van der Waals surface area contributed by atoms with Crippen LogP contribution in [0, 0.1) is 6.92 Å². The van der Waals surface area contributed by atoms with E-state index in [0.29, 0.717) is 5.89 Å². The van der Waals surface area contributed by atoms with E-state index in [2.05, 4.69) is 5.10 Å². The van der Waals surface area contributed by atoms with Crippen LogP contribution in [0.3, 0.4) is 0 Å². The fraction of sp³-hybridized carbons (Fsp3) is 0.333. The fourth-order valence-electron chi connectivity index (χ4n) is 1.54. The summed E-state index contributed by atoms with van der Waals surface area (Å²) in [5, 5.41) is 4.36. The van der Waals surface area contributed by atoms with E-state index in [9.17, 15) is 0 Å². The molecule has 0 amide bonds. The number of nitrogens with zero attached hydrogens (tertiary/aromatic N) is 2. The molecule has 0 aliphatic carbocycles. The van der Waals surface area contributed by atoms with Crippen molar-refractivity contribution in [1.82, 2.24) is 5.10 Å². The predicted octanol–water partition coefficient (Wildman–Crippen LogP) is 1.97. The Morgan fingerprint density at radius 3 is 2.50 bits per heavy atom. The minimum absolute atomic E-state index is 0.641. The van der Waals surface area contributed by atoms with Crippen molar-refractivity contribution in [2.45, 2.75) is 20.4 Å². The van der Waals surface area contributed by atoms with Gasteiger partial charge in [-0.3, -0.25) is 0 Å². The Morgan fingerprint density at radius 2 is 2.00 bits per heavy atom. The zero-order chi connectivity index (χ0) is 11.5. The summed E-state index contributed by atoms with van der Waals surface area (Å²) >= 11 is 0. The summed E-state index contributed by atoms with van der Waals surface area (Å²) in [6.07, 6.45) is 0.